The summed E-state index contributed by atoms with van der Waals surface area (Å²) in [5, 5.41) is 2.94. The fourth-order valence-corrected chi connectivity index (χ4v) is 5.95. The van der Waals surface area contributed by atoms with Gasteiger partial charge in [0.2, 0.25) is 5.88 Å². The van der Waals surface area contributed by atoms with Crippen molar-refractivity contribution in [3.8, 4) is 17.1 Å². The molecule has 0 radical (unpaired) electrons. The van der Waals surface area contributed by atoms with Gasteiger partial charge >= 0.3 is 6.18 Å². The third kappa shape index (κ3) is 7.01. The smallest absolute Gasteiger partial charge is 0.417 e. The zero-order chi connectivity index (χ0) is 32.3. The number of nitrogens with one attached hydrogen (secondary N) is 1. The van der Waals surface area contributed by atoms with Crippen molar-refractivity contribution in [2.24, 2.45) is 0 Å². The molecule has 13 heteroatoms. The van der Waals surface area contributed by atoms with Crippen LogP contribution in [0.25, 0.3) is 11.3 Å². The number of rotatable bonds is 9. The van der Waals surface area contributed by atoms with Crippen molar-refractivity contribution in [1.82, 2.24) is 25.1 Å². The Kier molecular flexibility index (Phi) is 9.83. The number of aromatic nitrogens is 2. The van der Waals surface area contributed by atoms with Crippen molar-refractivity contribution in [3.05, 3.63) is 70.5 Å². The van der Waals surface area contributed by atoms with Crippen LogP contribution in [0.2, 0.25) is 5.02 Å². The second kappa shape index (κ2) is 13.6. The van der Waals surface area contributed by atoms with E-state index in [0.29, 0.717) is 48.9 Å². The maximum Gasteiger partial charge on any atom is 0.417 e. The van der Waals surface area contributed by atoms with E-state index in [0.717, 1.165) is 25.1 Å². The highest BCUT2D eigenvalue weighted by atomic mass is 35.5. The van der Waals surface area contributed by atoms with E-state index in [1.807, 2.05) is 37.9 Å². The summed E-state index contributed by atoms with van der Waals surface area (Å²) in [6, 6.07) is 10.4. The molecule has 1 N–H and O–H groups in total. The molecule has 2 atom stereocenters. The van der Waals surface area contributed by atoms with Gasteiger partial charge < -0.3 is 24.8 Å². The number of amides is 2. The van der Waals surface area contributed by atoms with E-state index in [-0.39, 0.29) is 41.8 Å². The predicted molar refractivity (Wildman–Crippen MR) is 166 cm³/mol. The zero-order valence-corrected chi connectivity index (χ0v) is 26.2. The molecule has 4 heterocycles. The first kappa shape index (κ1) is 32.5. The van der Waals surface area contributed by atoms with Crippen LogP contribution in [0.3, 0.4) is 0 Å². The molecule has 2 aromatic heterocycles. The number of anilines is 1. The van der Waals surface area contributed by atoms with Gasteiger partial charge in [-0.25, -0.2) is 9.97 Å². The van der Waals surface area contributed by atoms with Gasteiger partial charge in [-0.1, -0.05) is 18.5 Å². The van der Waals surface area contributed by atoms with Gasteiger partial charge in [-0.05, 0) is 75.8 Å². The van der Waals surface area contributed by atoms with Crippen LogP contribution in [-0.4, -0.2) is 90.0 Å². The molecular weight excluding hydrogens is 609 g/mol. The monoisotopic (exact) mass is 644 g/mol. The molecule has 2 amide bonds. The number of carbonyl (C=O) groups is 2. The standard InChI is InChI=1S/C32H36ClF3N6O3/c1-4-21-19-41(31(44)23-9-8-20(33)17-25(23)32(34,35)36)15-16-42(21)27-11-10-26(24-7-6-13-37-30(24)45-5-2)39-28(27)29(43)38-18-22-12-14-40(22)3/h6-11,13,17,21-22H,4-5,12,14-16,18-19H2,1-3H3,(H,38,43)/t21-,22-/m1/s1. The molecule has 9 nitrogen and oxygen atoms in total. The van der Waals surface area contributed by atoms with Crippen molar-refractivity contribution < 1.29 is 27.5 Å². The molecule has 1 aromatic carbocycles. The molecule has 2 aliphatic heterocycles. The lowest BCUT2D eigenvalue weighted by Gasteiger charge is -2.43. The van der Waals surface area contributed by atoms with E-state index in [1.54, 1.807) is 18.3 Å². The molecule has 0 bridgehead atoms. The third-order valence-electron chi connectivity index (χ3n) is 8.42. The molecule has 2 aliphatic rings. The van der Waals surface area contributed by atoms with Crippen molar-refractivity contribution in [2.75, 3.05) is 51.3 Å². The topological polar surface area (TPSA) is 90.9 Å². The molecule has 3 aromatic rings. The van der Waals surface area contributed by atoms with E-state index >= 15 is 0 Å². The number of likely N-dealkylation sites (N-methyl/N-ethyl adjacent to an activating group) is 1. The van der Waals surface area contributed by atoms with Crippen LogP contribution in [0.4, 0.5) is 18.9 Å². The van der Waals surface area contributed by atoms with Gasteiger partial charge in [0.25, 0.3) is 11.8 Å². The Morgan fingerprint density at radius 3 is 2.56 bits per heavy atom. The lowest BCUT2D eigenvalue weighted by molar-refractivity contribution is -0.138. The highest BCUT2D eigenvalue weighted by Gasteiger charge is 2.38. The summed E-state index contributed by atoms with van der Waals surface area (Å²) >= 11 is 5.84. The van der Waals surface area contributed by atoms with Crippen LogP contribution in [-0.2, 0) is 6.18 Å². The lowest BCUT2D eigenvalue weighted by Crippen LogP contribution is -2.55. The molecule has 0 aliphatic carbocycles. The van der Waals surface area contributed by atoms with Crippen LogP contribution < -0.4 is 15.0 Å². The number of hydrogen-bond donors (Lipinski definition) is 1. The molecule has 5 rings (SSSR count). The molecule has 45 heavy (non-hydrogen) atoms. The number of alkyl halides is 3. The number of halogens is 4. The Morgan fingerprint density at radius 2 is 1.89 bits per heavy atom. The maximum atomic E-state index is 13.8. The van der Waals surface area contributed by atoms with Gasteiger partial charge in [-0.3, -0.25) is 9.59 Å². The highest BCUT2D eigenvalue weighted by molar-refractivity contribution is 6.30. The summed E-state index contributed by atoms with van der Waals surface area (Å²) in [5.74, 6) is -0.645. The first-order valence-electron chi connectivity index (χ1n) is 15.0. The average Bonchev–Trinajstić information content (AvgIpc) is 3.03. The zero-order valence-electron chi connectivity index (χ0n) is 25.4. The van der Waals surface area contributed by atoms with Crippen molar-refractivity contribution >= 4 is 29.1 Å². The Morgan fingerprint density at radius 1 is 1.09 bits per heavy atom. The summed E-state index contributed by atoms with van der Waals surface area (Å²) < 4.78 is 47.1. The molecule has 240 valence electrons. The molecule has 0 spiro atoms. The quantitative estimate of drug-likeness (QED) is 0.334. The van der Waals surface area contributed by atoms with Crippen LogP contribution in [0.1, 0.15) is 53.1 Å². The molecule has 0 saturated carbocycles. The van der Waals surface area contributed by atoms with E-state index in [1.165, 1.54) is 11.0 Å². The minimum atomic E-state index is -4.73. The second-order valence-electron chi connectivity index (χ2n) is 11.2. The van der Waals surface area contributed by atoms with E-state index in [9.17, 15) is 22.8 Å². The number of pyridine rings is 2. The van der Waals surface area contributed by atoms with Gasteiger partial charge in [0.1, 0.15) is 0 Å². The number of hydrogen-bond acceptors (Lipinski definition) is 7. The number of nitrogens with zero attached hydrogens (tertiary/aromatic N) is 5. The summed E-state index contributed by atoms with van der Waals surface area (Å²) in [6.07, 6.45) is -1.55. The fraction of sp³-hybridized carbons (Fsp3) is 0.438. The fourth-order valence-electron chi connectivity index (χ4n) is 5.77. The van der Waals surface area contributed by atoms with Gasteiger partial charge in [0.05, 0.1) is 34.7 Å². The Balaban J connectivity index is 1.45. The minimum absolute atomic E-state index is 0.0968. The number of likely N-dealkylation sites (tertiary alicyclic amines) is 1. The Bertz CT molecular complexity index is 1550. The first-order chi connectivity index (χ1) is 21.5. The average molecular weight is 645 g/mol. The summed E-state index contributed by atoms with van der Waals surface area (Å²) in [5.41, 5.74) is 0.463. The molecular formula is C32H36ClF3N6O3. The highest BCUT2D eigenvalue weighted by Crippen LogP contribution is 2.36. The lowest BCUT2D eigenvalue weighted by atomic mass is 10.0. The van der Waals surface area contributed by atoms with E-state index in [4.69, 9.17) is 21.3 Å². The second-order valence-corrected chi connectivity index (χ2v) is 11.6. The van der Waals surface area contributed by atoms with Gasteiger partial charge in [0.15, 0.2) is 5.69 Å². The Hall–Kier alpha value is -3.90. The summed E-state index contributed by atoms with van der Waals surface area (Å²) in [6.45, 7) is 6.27. The third-order valence-corrected chi connectivity index (χ3v) is 8.66. The normalized spacial score (nSPS) is 18.8. The van der Waals surface area contributed by atoms with Crippen molar-refractivity contribution in [1.29, 1.82) is 0 Å². The number of ether oxygens (including phenoxy) is 1. The molecule has 2 saturated heterocycles. The number of piperazine rings is 1. The number of benzene rings is 1. The van der Waals surface area contributed by atoms with Crippen LogP contribution >= 0.6 is 11.6 Å². The van der Waals surface area contributed by atoms with Crippen molar-refractivity contribution in [2.45, 2.75) is 44.9 Å². The SMILES string of the molecule is CCOc1ncccc1-c1ccc(N2CCN(C(=O)c3ccc(Cl)cc3C(F)(F)F)C[C@H]2CC)c(C(=O)NC[C@H]2CCN2C)n1. The van der Waals surface area contributed by atoms with E-state index in [2.05, 4.69) is 15.2 Å². The first-order valence-corrected chi connectivity index (χ1v) is 15.4. The molecule has 2 fully saturated rings. The van der Waals surface area contributed by atoms with Crippen LogP contribution in [0.5, 0.6) is 5.88 Å². The van der Waals surface area contributed by atoms with Crippen LogP contribution in [0.15, 0.2) is 48.7 Å². The van der Waals surface area contributed by atoms with Crippen LogP contribution in [0, 0.1) is 0 Å². The predicted octanol–water partition coefficient (Wildman–Crippen LogP) is 5.39. The van der Waals surface area contributed by atoms with E-state index < -0.39 is 23.2 Å². The minimum Gasteiger partial charge on any atom is -0.477 e. The summed E-state index contributed by atoms with van der Waals surface area (Å²) in [7, 11) is 2.01. The van der Waals surface area contributed by atoms with Gasteiger partial charge in [0, 0.05) is 49.5 Å². The van der Waals surface area contributed by atoms with Crippen molar-refractivity contribution in [3.63, 3.8) is 0 Å². The maximum absolute atomic E-state index is 13.8. The van der Waals surface area contributed by atoms with Gasteiger partial charge in [-0.15, -0.1) is 0 Å². The van der Waals surface area contributed by atoms with Gasteiger partial charge in [-0.2, -0.15) is 13.2 Å². The number of carbonyl (C=O) groups excluding carboxylic acids is 2. The summed E-state index contributed by atoms with van der Waals surface area (Å²) in [4.78, 5) is 41.9. The Labute approximate surface area is 265 Å². The molecule has 0 unspecified atom stereocenters. The largest absolute Gasteiger partial charge is 0.477 e.